The van der Waals surface area contributed by atoms with E-state index in [2.05, 4.69) is 15.0 Å². The zero-order valence-corrected chi connectivity index (χ0v) is 13.9. The van der Waals surface area contributed by atoms with Gasteiger partial charge in [-0.25, -0.2) is 9.67 Å². The summed E-state index contributed by atoms with van der Waals surface area (Å²) >= 11 is 5.37. The van der Waals surface area contributed by atoms with Crippen molar-refractivity contribution in [2.75, 3.05) is 13.1 Å². The number of nitrogens with zero attached hydrogens (tertiary/aromatic N) is 5. The average Bonchev–Trinajstić information content (AvgIpc) is 3.14. The summed E-state index contributed by atoms with van der Waals surface area (Å²) in [5.74, 6) is 1.18. The van der Waals surface area contributed by atoms with E-state index < -0.39 is 0 Å². The lowest BCUT2D eigenvalue weighted by atomic mass is 9.98. The second kappa shape index (κ2) is 5.90. The van der Waals surface area contributed by atoms with Gasteiger partial charge in [-0.05, 0) is 43.7 Å². The summed E-state index contributed by atoms with van der Waals surface area (Å²) in [6.45, 7) is 2.69. The van der Waals surface area contributed by atoms with Crippen LogP contribution in [-0.2, 0) is 13.7 Å². The van der Waals surface area contributed by atoms with E-state index in [9.17, 15) is 0 Å². The van der Waals surface area contributed by atoms with Crippen LogP contribution < -0.4 is 0 Å². The predicted octanol–water partition coefficient (Wildman–Crippen LogP) is 2.93. The maximum atomic E-state index is 5.95. The van der Waals surface area contributed by atoms with Gasteiger partial charge in [-0.3, -0.25) is 4.90 Å². The van der Waals surface area contributed by atoms with Crippen molar-refractivity contribution in [1.29, 1.82) is 0 Å². The second-order valence-electron chi connectivity index (χ2n) is 6.10. The van der Waals surface area contributed by atoms with E-state index in [4.69, 9.17) is 16.6 Å². The summed E-state index contributed by atoms with van der Waals surface area (Å²) in [7, 11) is 1.92. The van der Waals surface area contributed by atoms with Crippen molar-refractivity contribution in [3.8, 4) is 0 Å². The van der Waals surface area contributed by atoms with E-state index in [-0.39, 0.29) is 0 Å². The highest BCUT2D eigenvalue weighted by Gasteiger charge is 2.25. The van der Waals surface area contributed by atoms with Crippen LogP contribution >= 0.6 is 12.2 Å². The Hall–Kier alpha value is -1.99. The van der Waals surface area contributed by atoms with Crippen molar-refractivity contribution in [1.82, 2.24) is 24.2 Å². The molecular weight excluding hydrogens is 310 g/mol. The molecule has 0 amide bonds. The largest absolute Gasteiger partial charge is 0.440 e. The molecule has 7 heteroatoms. The van der Waals surface area contributed by atoms with Gasteiger partial charge < -0.3 is 8.98 Å². The third-order valence-electron chi connectivity index (χ3n) is 4.39. The van der Waals surface area contributed by atoms with E-state index in [1.807, 2.05) is 40.6 Å². The number of likely N-dealkylation sites (tertiary alicyclic amines) is 1. The molecule has 23 heavy (non-hydrogen) atoms. The van der Waals surface area contributed by atoms with Crippen molar-refractivity contribution < 1.29 is 4.42 Å². The van der Waals surface area contributed by atoms with Gasteiger partial charge in [0.05, 0.1) is 6.67 Å². The van der Waals surface area contributed by atoms with Crippen LogP contribution in [0.3, 0.4) is 0 Å². The van der Waals surface area contributed by atoms with E-state index in [1.54, 1.807) is 6.33 Å². The molecule has 0 unspecified atom stereocenters. The topological polar surface area (TPSA) is 52.0 Å². The van der Waals surface area contributed by atoms with Gasteiger partial charge in [-0.15, -0.1) is 0 Å². The molecule has 0 aliphatic carbocycles. The van der Waals surface area contributed by atoms with Crippen LogP contribution in [0.1, 0.15) is 24.7 Å². The highest BCUT2D eigenvalue weighted by Crippen LogP contribution is 2.29. The monoisotopic (exact) mass is 329 g/mol. The van der Waals surface area contributed by atoms with Gasteiger partial charge in [0.25, 0.3) is 0 Å². The summed E-state index contributed by atoms with van der Waals surface area (Å²) in [5, 5.41) is 4.34. The Labute approximate surface area is 139 Å². The van der Waals surface area contributed by atoms with Gasteiger partial charge in [-0.1, -0.05) is 12.1 Å². The standard InChI is InChI=1S/C16H19N5OS/c1-19-10-17-21(16(19)23)11-20-8-4-5-12(9-20)15-18-13-6-2-3-7-14(13)22-15/h2-3,6-7,10,12H,4-5,8-9,11H2,1H3/t12-/m1/s1. The molecule has 0 bridgehead atoms. The van der Waals surface area contributed by atoms with Gasteiger partial charge in [0.15, 0.2) is 16.2 Å². The Morgan fingerprint density at radius 3 is 3.00 bits per heavy atom. The summed E-state index contributed by atoms with van der Waals surface area (Å²) < 4.78 is 10.4. The number of benzene rings is 1. The fourth-order valence-corrected chi connectivity index (χ4v) is 3.31. The fraction of sp³-hybridized carbons (Fsp3) is 0.438. The van der Waals surface area contributed by atoms with Gasteiger partial charge in [0.2, 0.25) is 0 Å². The van der Waals surface area contributed by atoms with Crippen molar-refractivity contribution >= 4 is 23.3 Å². The first-order valence-electron chi connectivity index (χ1n) is 7.87. The lowest BCUT2D eigenvalue weighted by Crippen LogP contribution is -2.36. The molecule has 120 valence electrons. The first kappa shape index (κ1) is 14.6. The molecule has 1 fully saturated rings. The van der Waals surface area contributed by atoms with E-state index in [1.165, 1.54) is 0 Å². The number of fused-ring (bicyclic) bond motifs is 1. The molecule has 3 heterocycles. The van der Waals surface area contributed by atoms with E-state index in [0.29, 0.717) is 5.92 Å². The smallest absolute Gasteiger partial charge is 0.199 e. The van der Waals surface area contributed by atoms with Crippen LogP contribution in [0.5, 0.6) is 0 Å². The number of oxazole rings is 1. The summed E-state index contributed by atoms with van der Waals surface area (Å²) in [4.78, 5) is 7.03. The van der Waals surface area contributed by atoms with Crippen molar-refractivity contribution in [3.63, 3.8) is 0 Å². The first-order chi connectivity index (χ1) is 11.2. The number of para-hydroxylation sites is 2. The molecule has 1 saturated heterocycles. The predicted molar refractivity (Wildman–Crippen MR) is 89.6 cm³/mol. The minimum absolute atomic E-state index is 0.328. The Morgan fingerprint density at radius 1 is 1.35 bits per heavy atom. The summed E-state index contributed by atoms with van der Waals surface area (Å²) in [6.07, 6.45) is 3.99. The molecule has 1 aliphatic heterocycles. The van der Waals surface area contributed by atoms with Crippen molar-refractivity contribution in [2.45, 2.75) is 25.4 Å². The molecule has 4 rings (SSSR count). The molecule has 3 aromatic rings. The summed E-state index contributed by atoms with van der Waals surface area (Å²) in [6, 6.07) is 7.94. The average molecular weight is 329 g/mol. The molecule has 0 N–H and O–H groups in total. The highest BCUT2D eigenvalue weighted by molar-refractivity contribution is 7.71. The number of rotatable bonds is 3. The third kappa shape index (κ3) is 2.82. The third-order valence-corrected chi connectivity index (χ3v) is 4.88. The number of aromatic nitrogens is 4. The van der Waals surface area contributed by atoms with Crippen LogP contribution in [0.15, 0.2) is 35.0 Å². The normalized spacial score (nSPS) is 19.4. The first-order valence-corrected chi connectivity index (χ1v) is 8.28. The summed E-state index contributed by atoms with van der Waals surface area (Å²) in [5.41, 5.74) is 1.80. The lowest BCUT2D eigenvalue weighted by Gasteiger charge is -2.30. The minimum Gasteiger partial charge on any atom is -0.440 e. The molecule has 1 aromatic carbocycles. The second-order valence-corrected chi connectivity index (χ2v) is 6.47. The molecule has 6 nitrogen and oxygen atoms in total. The van der Waals surface area contributed by atoms with E-state index in [0.717, 1.165) is 54.4 Å². The number of hydrogen-bond acceptors (Lipinski definition) is 5. The fourth-order valence-electron chi connectivity index (χ4n) is 3.16. The van der Waals surface area contributed by atoms with Gasteiger partial charge in [0.1, 0.15) is 11.8 Å². The van der Waals surface area contributed by atoms with Crippen molar-refractivity contribution in [3.05, 3.63) is 41.3 Å². The SMILES string of the molecule is Cn1cnn(CN2CCC[C@@H](c3nc4ccccc4o3)C2)c1=S. The van der Waals surface area contributed by atoms with Gasteiger partial charge in [0, 0.05) is 19.5 Å². The molecule has 1 aliphatic rings. The molecule has 1 atom stereocenters. The molecule has 0 radical (unpaired) electrons. The van der Waals surface area contributed by atoms with Crippen LogP contribution in [0.25, 0.3) is 11.1 Å². The highest BCUT2D eigenvalue weighted by atomic mass is 32.1. The maximum Gasteiger partial charge on any atom is 0.199 e. The molecular formula is C16H19N5OS. The Bertz CT molecular complexity index is 847. The molecule has 0 spiro atoms. The molecule has 2 aromatic heterocycles. The molecule has 0 saturated carbocycles. The maximum absolute atomic E-state index is 5.95. The van der Waals surface area contributed by atoms with Crippen LogP contribution in [0.4, 0.5) is 0 Å². The van der Waals surface area contributed by atoms with Crippen molar-refractivity contribution in [2.24, 2.45) is 7.05 Å². The zero-order chi connectivity index (χ0) is 15.8. The van der Waals surface area contributed by atoms with Crippen LogP contribution in [0.2, 0.25) is 0 Å². The van der Waals surface area contributed by atoms with Crippen LogP contribution in [0, 0.1) is 4.77 Å². The van der Waals surface area contributed by atoms with E-state index >= 15 is 0 Å². The Balaban J connectivity index is 1.52. The quantitative estimate of drug-likeness (QED) is 0.692. The minimum atomic E-state index is 0.328. The Morgan fingerprint density at radius 2 is 2.22 bits per heavy atom. The lowest BCUT2D eigenvalue weighted by molar-refractivity contribution is 0.147. The number of hydrogen-bond donors (Lipinski definition) is 0. The zero-order valence-electron chi connectivity index (χ0n) is 13.1. The van der Waals surface area contributed by atoms with Crippen LogP contribution in [-0.4, -0.2) is 37.3 Å². The number of aryl methyl sites for hydroxylation is 1. The Kier molecular flexibility index (Phi) is 3.74. The number of piperidine rings is 1. The van der Waals surface area contributed by atoms with Gasteiger partial charge >= 0.3 is 0 Å². The van der Waals surface area contributed by atoms with Gasteiger partial charge in [-0.2, -0.15) is 5.10 Å².